The maximum absolute atomic E-state index is 10.7. The molecule has 1 unspecified atom stereocenters. The summed E-state index contributed by atoms with van der Waals surface area (Å²) in [5, 5.41) is 15.0. The third-order valence-electron chi connectivity index (χ3n) is 3.66. The van der Waals surface area contributed by atoms with E-state index in [2.05, 4.69) is 21.0 Å². The van der Waals surface area contributed by atoms with Crippen molar-refractivity contribution in [2.24, 2.45) is 0 Å². The summed E-state index contributed by atoms with van der Waals surface area (Å²) in [6, 6.07) is 5.97. The van der Waals surface area contributed by atoms with Crippen molar-refractivity contribution in [3.63, 3.8) is 0 Å². The van der Waals surface area contributed by atoms with Crippen molar-refractivity contribution < 1.29 is 14.6 Å². The van der Waals surface area contributed by atoms with Gasteiger partial charge in [0.1, 0.15) is 6.10 Å². The van der Waals surface area contributed by atoms with Crippen molar-refractivity contribution in [2.75, 3.05) is 13.7 Å². The number of rotatable bonds is 5. The Morgan fingerprint density at radius 1 is 1.43 bits per heavy atom. The Kier molecular flexibility index (Phi) is 4.40. The molecule has 0 bridgehead atoms. The van der Waals surface area contributed by atoms with Gasteiger partial charge in [0.15, 0.2) is 0 Å². The molecule has 1 aromatic carbocycles. The molecule has 0 aliphatic carbocycles. The summed E-state index contributed by atoms with van der Waals surface area (Å²) < 4.78 is 13.1. The number of fused-ring (bicyclic) bond motifs is 1. The highest BCUT2D eigenvalue weighted by atomic mass is 79.9. The molecule has 0 amide bonds. The van der Waals surface area contributed by atoms with E-state index in [0.717, 1.165) is 21.3 Å². The molecule has 0 saturated heterocycles. The molecule has 6 heteroatoms. The van der Waals surface area contributed by atoms with E-state index in [9.17, 15) is 5.11 Å². The second kappa shape index (κ2) is 6.27. The average molecular weight is 353 g/mol. The number of aromatic nitrogens is 2. The SMILES string of the molecule is COCCn1ncc(Br)c1C(O)c1ccc2c(c1)COC2. The molecule has 1 N–H and O–H groups in total. The van der Waals surface area contributed by atoms with E-state index in [0.29, 0.717) is 26.4 Å². The molecule has 0 saturated carbocycles. The van der Waals surface area contributed by atoms with Crippen molar-refractivity contribution >= 4 is 15.9 Å². The number of aliphatic hydroxyl groups is 1. The molecule has 3 rings (SSSR count). The smallest absolute Gasteiger partial charge is 0.122 e. The predicted octanol–water partition coefficient (Wildman–Crippen LogP) is 2.40. The molecule has 21 heavy (non-hydrogen) atoms. The van der Waals surface area contributed by atoms with Crippen molar-refractivity contribution in [1.29, 1.82) is 0 Å². The molecule has 1 aliphatic heterocycles. The van der Waals surface area contributed by atoms with Gasteiger partial charge in [0, 0.05) is 7.11 Å². The second-order valence-corrected chi connectivity index (χ2v) is 5.87. The number of nitrogens with zero attached hydrogens (tertiary/aromatic N) is 2. The first-order valence-electron chi connectivity index (χ1n) is 6.78. The molecular weight excluding hydrogens is 336 g/mol. The standard InChI is InChI=1S/C15H17BrN2O3/c1-20-5-4-18-14(13(16)7-17-18)15(19)10-2-3-11-8-21-9-12(11)6-10/h2-3,6-7,15,19H,4-5,8-9H2,1H3. The lowest BCUT2D eigenvalue weighted by Gasteiger charge is -2.15. The van der Waals surface area contributed by atoms with Crippen LogP contribution in [0.4, 0.5) is 0 Å². The number of methoxy groups -OCH3 is 1. The van der Waals surface area contributed by atoms with Crippen LogP contribution in [0.25, 0.3) is 0 Å². The van der Waals surface area contributed by atoms with Gasteiger partial charge in [0.2, 0.25) is 0 Å². The van der Waals surface area contributed by atoms with Gasteiger partial charge >= 0.3 is 0 Å². The Labute approximate surface area is 131 Å². The topological polar surface area (TPSA) is 56.5 Å². The Balaban J connectivity index is 1.91. The summed E-state index contributed by atoms with van der Waals surface area (Å²) in [6.45, 7) is 2.41. The van der Waals surface area contributed by atoms with Crippen LogP contribution >= 0.6 is 15.9 Å². The van der Waals surface area contributed by atoms with Gasteiger partial charge in [-0.1, -0.05) is 18.2 Å². The van der Waals surface area contributed by atoms with Crippen molar-refractivity contribution in [1.82, 2.24) is 9.78 Å². The van der Waals surface area contributed by atoms with Crippen LogP contribution < -0.4 is 0 Å². The van der Waals surface area contributed by atoms with Crippen LogP contribution in [0.3, 0.4) is 0 Å². The Hall–Kier alpha value is -1.21. The highest BCUT2D eigenvalue weighted by Gasteiger charge is 2.21. The van der Waals surface area contributed by atoms with Crippen LogP contribution in [0.5, 0.6) is 0 Å². The lowest BCUT2D eigenvalue weighted by atomic mass is 10.0. The normalized spacial score (nSPS) is 15.2. The number of halogens is 1. The van der Waals surface area contributed by atoms with E-state index in [1.165, 1.54) is 5.56 Å². The first kappa shape index (κ1) is 14.7. The maximum atomic E-state index is 10.7. The lowest BCUT2D eigenvalue weighted by molar-refractivity contribution is 0.134. The van der Waals surface area contributed by atoms with Crippen LogP contribution in [-0.2, 0) is 29.2 Å². The first-order valence-corrected chi connectivity index (χ1v) is 7.57. The fourth-order valence-corrected chi connectivity index (χ4v) is 3.03. The Bertz CT molecular complexity index is 642. The monoisotopic (exact) mass is 352 g/mol. The highest BCUT2D eigenvalue weighted by molar-refractivity contribution is 9.10. The van der Waals surface area contributed by atoms with Gasteiger partial charge < -0.3 is 14.6 Å². The Morgan fingerprint density at radius 2 is 2.24 bits per heavy atom. The van der Waals surface area contributed by atoms with Gasteiger partial charge in [-0.3, -0.25) is 4.68 Å². The molecule has 1 atom stereocenters. The van der Waals surface area contributed by atoms with Crippen molar-refractivity contribution in [2.45, 2.75) is 25.9 Å². The maximum Gasteiger partial charge on any atom is 0.122 e. The first-order chi connectivity index (χ1) is 10.2. The number of aliphatic hydroxyl groups excluding tert-OH is 1. The minimum Gasteiger partial charge on any atom is -0.383 e. The van der Waals surface area contributed by atoms with E-state index < -0.39 is 6.10 Å². The fraction of sp³-hybridized carbons (Fsp3) is 0.400. The van der Waals surface area contributed by atoms with Gasteiger partial charge in [-0.2, -0.15) is 5.10 Å². The quantitative estimate of drug-likeness (QED) is 0.897. The number of benzene rings is 1. The molecule has 5 nitrogen and oxygen atoms in total. The zero-order chi connectivity index (χ0) is 14.8. The highest BCUT2D eigenvalue weighted by Crippen LogP contribution is 2.31. The van der Waals surface area contributed by atoms with Crippen molar-refractivity contribution in [3.8, 4) is 0 Å². The summed E-state index contributed by atoms with van der Waals surface area (Å²) in [6.07, 6.45) is 0.967. The van der Waals surface area contributed by atoms with Gasteiger partial charge in [0.05, 0.1) is 42.7 Å². The molecule has 2 heterocycles. The third-order valence-corrected chi connectivity index (χ3v) is 4.27. The zero-order valence-electron chi connectivity index (χ0n) is 11.8. The van der Waals surface area contributed by atoms with Crippen LogP contribution in [0, 0.1) is 0 Å². The number of hydrogen-bond acceptors (Lipinski definition) is 4. The summed E-state index contributed by atoms with van der Waals surface area (Å²) in [7, 11) is 1.65. The van der Waals surface area contributed by atoms with Gasteiger partial charge in [-0.15, -0.1) is 0 Å². The van der Waals surface area contributed by atoms with Crippen LogP contribution in [-0.4, -0.2) is 28.6 Å². The van der Waals surface area contributed by atoms with Crippen molar-refractivity contribution in [3.05, 3.63) is 51.3 Å². The number of ether oxygens (including phenoxy) is 2. The average Bonchev–Trinajstić information content (AvgIpc) is 3.10. The largest absolute Gasteiger partial charge is 0.383 e. The summed E-state index contributed by atoms with van der Waals surface area (Å²) in [5.74, 6) is 0. The van der Waals surface area contributed by atoms with E-state index in [1.54, 1.807) is 18.0 Å². The van der Waals surface area contributed by atoms with E-state index in [4.69, 9.17) is 9.47 Å². The molecule has 0 spiro atoms. The lowest BCUT2D eigenvalue weighted by Crippen LogP contribution is -2.13. The summed E-state index contributed by atoms with van der Waals surface area (Å²) in [4.78, 5) is 0. The Morgan fingerprint density at radius 3 is 3.05 bits per heavy atom. The summed E-state index contributed by atoms with van der Waals surface area (Å²) >= 11 is 3.46. The molecular formula is C15H17BrN2O3. The van der Waals surface area contributed by atoms with Crippen LogP contribution in [0.1, 0.15) is 28.5 Å². The fourth-order valence-electron chi connectivity index (χ4n) is 2.52. The third kappa shape index (κ3) is 2.89. The van der Waals surface area contributed by atoms with Gasteiger partial charge in [-0.05, 0) is 32.6 Å². The summed E-state index contributed by atoms with van der Waals surface area (Å²) in [5.41, 5.74) is 3.92. The van der Waals surface area contributed by atoms with E-state index in [-0.39, 0.29) is 0 Å². The zero-order valence-corrected chi connectivity index (χ0v) is 13.3. The van der Waals surface area contributed by atoms with Crippen LogP contribution in [0.15, 0.2) is 28.9 Å². The molecule has 112 valence electrons. The van der Waals surface area contributed by atoms with Crippen LogP contribution in [0.2, 0.25) is 0 Å². The molecule has 0 fully saturated rings. The van der Waals surface area contributed by atoms with Gasteiger partial charge in [0.25, 0.3) is 0 Å². The van der Waals surface area contributed by atoms with E-state index >= 15 is 0 Å². The molecule has 0 radical (unpaired) electrons. The predicted molar refractivity (Wildman–Crippen MR) is 80.8 cm³/mol. The number of hydrogen-bond donors (Lipinski definition) is 1. The molecule has 1 aromatic heterocycles. The van der Waals surface area contributed by atoms with E-state index in [1.807, 2.05) is 18.2 Å². The second-order valence-electron chi connectivity index (χ2n) is 5.02. The minimum absolute atomic E-state index is 0.547. The minimum atomic E-state index is -0.732. The molecule has 1 aliphatic rings. The van der Waals surface area contributed by atoms with Gasteiger partial charge in [-0.25, -0.2) is 0 Å². The molecule has 2 aromatic rings.